The molecule has 0 saturated heterocycles. The van der Waals surface area contributed by atoms with E-state index in [0.717, 1.165) is 41.5 Å². The van der Waals surface area contributed by atoms with Gasteiger partial charge in [-0.05, 0) is 92.8 Å². The van der Waals surface area contributed by atoms with E-state index in [2.05, 4.69) is 21.4 Å². The SMILES string of the molecule is Cc1cc(-c2ccccc2C#N)ccc1C(=O)N(C1CC1)C1CCC(N)/C(=C\NC(=O)OC(C)(C)CN=[N+]=[N-])C1. The molecular formula is C30H35N7O3. The molecule has 0 radical (unpaired) electrons. The van der Waals surface area contributed by atoms with Gasteiger partial charge in [-0.1, -0.05) is 35.4 Å². The minimum Gasteiger partial charge on any atom is -0.443 e. The average molecular weight is 542 g/mol. The first-order chi connectivity index (χ1) is 19.1. The summed E-state index contributed by atoms with van der Waals surface area (Å²) in [5.41, 5.74) is 18.6. The van der Waals surface area contributed by atoms with E-state index in [1.54, 1.807) is 26.1 Å². The van der Waals surface area contributed by atoms with E-state index in [9.17, 15) is 14.9 Å². The van der Waals surface area contributed by atoms with Crippen LogP contribution in [0.4, 0.5) is 4.79 Å². The van der Waals surface area contributed by atoms with Crippen molar-refractivity contribution in [3.8, 4) is 17.2 Å². The van der Waals surface area contributed by atoms with Gasteiger partial charge in [-0.15, -0.1) is 0 Å². The Morgan fingerprint density at radius 1 is 1.23 bits per heavy atom. The van der Waals surface area contributed by atoms with Gasteiger partial charge in [0.25, 0.3) is 5.91 Å². The lowest BCUT2D eigenvalue weighted by molar-refractivity contribution is 0.0475. The number of nitrogens with zero attached hydrogens (tertiary/aromatic N) is 5. The van der Waals surface area contributed by atoms with E-state index in [4.69, 9.17) is 16.0 Å². The van der Waals surface area contributed by atoms with Crippen molar-refractivity contribution in [2.75, 3.05) is 6.54 Å². The first-order valence-corrected chi connectivity index (χ1v) is 13.5. The zero-order valence-electron chi connectivity index (χ0n) is 23.1. The molecule has 208 valence electrons. The molecular weight excluding hydrogens is 506 g/mol. The van der Waals surface area contributed by atoms with Crippen molar-refractivity contribution in [2.45, 2.75) is 76.6 Å². The third-order valence-electron chi connectivity index (χ3n) is 7.40. The predicted octanol–water partition coefficient (Wildman–Crippen LogP) is 5.72. The van der Waals surface area contributed by atoms with Gasteiger partial charge in [-0.3, -0.25) is 10.1 Å². The van der Waals surface area contributed by atoms with Crippen LogP contribution in [-0.4, -0.2) is 47.2 Å². The van der Waals surface area contributed by atoms with E-state index in [1.165, 1.54) is 0 Å². The first kappa shape index (κ1) is 28.7. The molecule has 2 fully saturated rings. The second kappa shape index (κ2) is 12.2. The zero-order valence-corrected chi connectivity index (χ0v) is 23.1. The molecule has 2 saturated carbocycles. The van der Waals surface area contributed by atoms with Crippen molar-refractivity contribution in [3.05, 3.63) is 81.4 Å². The third kappa shape index (κ3) is 6.81. The van der Waals surface area contributed by atoms with Crippen molar-refractivity contribution in [1.82, 2.24) is 10.2 Å². The van der Waals surface area contributed by atoms with Crippen molar-refractivity contribution in [3.63, 3.8) is 0 Å². The van der Waals surface area contributed by atoms with Crippen LogP contribution in [0.2, 0.25) is 0 Å². The maximum Gasteiger partial charge on any atom is 0.411 e. The van der Waals surface area contributed by atoms with Crippen LogP contribution in [0.3, 0.4) is 0 Å². The van der Waals surface area contributed by atoms with Gasteiger partial charge in [0.1, 0.15) is 5.60 Å². The monoisotopic (exact) mass is 541 g/mol. The van der Waals surface area contributed by atoms with Crippen molar-refractivity contribution in [1.29, 1.82) is 5.26 Å². The van der Waals surface area contributed by atoms with Crippen molar-refractivity contribution < 1.29 is 14.3 Å². The number of carbonyl (C=O) groups excluding carboxylic acids is 2. The van der Waals surface area contributed by atoms with Crippen LogP contribution in [0.1, 0.15) is 67.4 Å². The van der Waals surface area contributed by atoms with E-state index in [1.807, 2.05) is 48.2 Å². The maximum absolute atomic E-state index is 13.9. The number of aryl methyl sites for hydroxylation is 1. The summed E-state index contributed by atoms with van der Waals surface area (Å²) >= 11 is 0. The molecule has 10 heteroatoms. The number of azide groups is 1. The number of benzene rings is 2. The number of nitrogens with two attached hydrogens (primary N) is 1. The number of alkyl carbamates (subject to hydrolysis) is 1. The van der Waals surface area contributed by atoms with Crippen LogP contribution in [0, 0.1) is 18.3 Å². The predicted molar refractivity (Wildman–Crippen MR) is 152 cm³/mol. The lowest BCUT2D eigenvalue weighted by Gasteiger charge is -2.38. The molecule has 0 spiro atoms. The van der Waals surface area contributed by atoms with Crippen LogP contribution in [-0.2, 0) is 4.74 Å². The van der Waals surface area contributed by atoms with Gasteiger partial charge in [-0.2, -0.15) is 5.26 Å². The number of ether oxygens (including phenoxy) is 1. The second-order valence-corrected chi connectivity index (χ2v) is 11.1. The number of nitrogens with one attached hydrogen (secondary N) is 1. The Morgan fingerprint density at radius 3 is 2.62 bits per heavy atom. The summed E-state index contributed by atoms with van der Waals surface area (Å²) < 4.78 is 5.37. The van der Waals surface area contributed by atoms with Gasteiger partial charge in [0.2, 0.25) is 0 Å². The van der Waals surface area contributed by atoms with Crippen molar-refractivity contribution in [2.24, 2.45) is 10.8 Å². The van der Waals surface area contributed by atoms with Crippen LogP contribution >= 0.6 is 0 Å². The van der Waals surface area contributed by atoms with E-state index >= 15 is 0 Å². The van der Waals surface area contributed by atoms with Crippen LogP contribution < -0.4 is 11.1 Å². The normalized spacial score (nSPS) is 19.7. The topological polar surface area (TPSA) is 157 Å². The fourth-order valence-electron chi connectivity index (χ4n) is 5.18. The average Bonchev–Trinajstić information content (AvgIpc) is 3.77. The Morgan fingerprint density at radius 2 is 1.95 bits per heavy atom. The molecule has 2 aliphatic rings. The van der Waals surface area contributed by atoms with E-state index in [0.29, 0.717) is 24.0 Å². The van der Waals surface area contributed by atoms with Gasteiger partial charge >= 0.3 is 6.09 Å². The van der Waals surface area contributed by atoms with Crippen LogP contribution in [0.15, 0.2) is 59.4 Å². The summed E-state index contributed by atoms with van der Waals surface area (Å²) in [4.78, 5) is 31.0. The highest BCUT2D eigenvalue weighted by molar-refractivity contribution is 5.97. The van der Waals surface area contributed by atoms with Gasteiger partial charge < -0.3 is 15.4 Å². The zero-order chi connectivity index (χ0) is 28.9. The smallest absolute Gasteiger partial charge is 0.411 e. The third-order valence-corrected chi connectivity index (χ3v) is 7.40. The molecule has 4 rings (SSSR count). The molecule has 0 bridgehead atoms. The number of amides is 2. The molecule has 2 aromatic carbocycles. The number of nitriles is 1. The highest BCUT2D eigenvalue weighted by Gasteiger charge is 2.40. The summed E-state index contributed by atoms with van der Waals surface area (Å²) in [5, 5.41) is 15.6. The Kier molecular flexibility index (Phi) is 8.78. The van der Waals surface area contributed by atoms with E-state index < -0.39 is 11.7 Å². The molecule has 2 aromatic rings. The minimum absolute atomic E-state index is 0.00731. The molecule has 0 aliphatic heterocycles. The van der Waals surface area contributed by atoms with Crippen molar-refractivity contribution >= 4 is 12.0 Å². The minimum atomic E-state index is -0.953. The summed E-state index contributed by atoms with van der Waals surface area (Å²) in [6, 6.07) is 15.3. The first-order valence-electron chi connectivity index (χ1n) is 13.5. The number of hydrogen-bond acceptors (Lipinski definition) is 6. The Hall–Kier alpha value is -4.32. The summed E-state index contributed by atoms with van der Waals surface area (Å²) in [6.45, 7) is 5.26. The van der Waals surface area contributed by atoms with E-state index in [-0.39, 0.29) is 30.6 Å². The number of rotatable bonds is 8. The summed E-state index contributed by atoms with van der Waals surface area (Å²) in [5.74, 6) is -0.00731. The van der Waals surface area contributed by atoms with Gasteiger partial charge in [-0.25, -0.2) is 4.79 Å². The molecule has 2 amide bonds. The van der Waals surface area contributed by atoms with Crippen LogP contribution in [0.25, 0.3) is 21.6 Å². The Balaban J connectivity index is 1.50. The highest BCUT2D eigenvalue weighted by atomic mass is 16.6. The standard InChI is InChI=1S/C30H35N7O3/c1-19-14-20(26-7-5-4-6-21(26)16-31)8-12-25(19)28(38)37(23-9-10-23)24-11-13-27(32)22(15-24)17-34-29(39)40-30(2,3)18-35-36-33/h4-8,12,14,17,23-24,27H,9-11,13,15,18,32H2,1-3H3,(H,34,39)/b22-17-. The Bertz CT molecular complexity index is 1400. The van der Waals surface area contributed by atoms with Crippen LogP contribution in [0.5, 0.6) is 0 Å². The molecule has 3 N–H and O–H groups in total. The fourth-order valence-corrected chi connectivity index (χ4v) is 5.18. The molecule has 10 nitrogen and oxygen atoms in total. The highest BCUT2D eigenvalue weighted by Crippen LogP contribution is 2.37. The maximum atomic E-state index is 13.9. The lowest BCUT2D eigenvalue weighted by atomic mass is 9.86. The fraction of sp³-hybridized carbons (Fsp3) is 0.433. The molecule has 40 heavy (non-hydrogen) atoms. The quantitative estimate of drug-likeness (QED) is 0.248. The van der Waals surface area contributed by atoms with Gasteiger partial charge in [0, 0.05) is 34.8 Å². The van der Waals surface area contributed by atoms with Gasteiger partial charge in [0.15, 0.2) is 0 Å². The molecule has 0 heterocycles. The molecule has 2 aliphatic carbocycles. The molecule has 2 unspecified atom stereocenters. The number of carbonyl (C=O) groups is 2. The largest absolute Gasteiger partial charge is 0.443 e. The summed E-state index contributed by atoms with van der Waals surface area (Å²) in [7, 11) is 0. The summed E-state index contributed by atoms with van der Waals surface area (Å²) in [6.07, 6.45) is 4.87. The van der Waals surface area contributed by atoms with Gasteiger partial charge in [0.05, 0.1) is 18.2 Å². The molecule has 0 aromatic heterocycles. The lowest BCUT2D eigenvalue weighted by Crippen LogP contribution is -2.47. The Labute approximate surface area is 234 Å². The molecule has 2 atom stereocenters. The second-order valence-electron chi connectivity index (χ2n) is 11.1. The number of hydrogen-bond donors (Lipinski definition) is 2.